The number of nitrogens with two attached hydrogens (primary N) is 2. The molecule has 1 saturated carbocycles. The number of carbonyl (C=O) groups is 1. The minimum atomic E-state index is -0.231. The van der Waals surface area contributed by atoms with E-state index in [1.165, 1.54) is 0 Å². The minimum absolute atomic E-state index is 0.105. The molecule has 1 aromatic heterocycles. The van der Waals surface area contributed by atoms with E-state index in [2.05, 4.69) is 15.3 Å². The van der Waals surface area contributed by atoms with Crippen molar-refractivity contribution in [2.24, 2.45) is 17.5 Å². The van der Waals surface area contributed by atoms with Crippen LogP contribution in [0, 0.1) is 12.8 Å². The van der Waals surface area contributed by atoms with E-state index in [9.17, 15) is 4.79 Å². The van der Waals surface area contributed by atoms with Gasteiger partial charge in [-0.2, -0.15) is 0 Å². The predicted molar refractivity (Wildman–Crippen MR) is 80.7 cm³/mol. The van der Waals surface area contributed by atoms with E-state index in [0.29, 0.717) is 18.3 Å². The third-order valence-electron chi connectivity index (χ3n) is 4.34. The zero-order chi connectivity index (χ0) is 15.0. The summed E-state index contributed by atoms with van der Waals surface area (Å²) >= 11 is 0. The van der Waals surface area contributed by atoms with E-state index in [-0.39, 0.29) is 11.8 Å². The standard InChI is InChI=1S/C14H22N6O/c1-8-12(19-16)17-13(9-4-5-9)18-14(8)20-6-2-3-10(7-20)11(15)21/h9-10H,2-7,16H2,1H3,(H2,15,21)(H,17,18,19). The SMILES string of the molecule is Cc1c(NN)nc(C2CC2)nc1N1CCCC(C(N)=O)C1. The predicted octanol–water partition coefficient (Wildman–Crippen LogP) is 0.650. The Balaban J connectivity index is 1.92. The van der Waals surface area contributed by atoms with Crippen molar-refractivity contribution in [1.82, 2.24) is 9.97 Å². The van der Waals surface area contributed by atoms with Crippen molar-refractivity contribution >= 4 is 17.5 Å². The number of hydrogen-bond acceptors (Lipinski definition) is 6. The summed E-state index contributed by atoms with van der Waals surface area (Å²) in [4.78, 5) is 22.8. The van der Waals surface area contributed by atoms with Gasteiger partial charge in [-0.25, -0.2) is 15.8 Å². The van der Waals surface area contributed by atoms with Gasteiger partial charge in [-0.1, -0.05) is 0 Å². The molecule has 21 heavy (non-hydrogen) atoms. The van der Waals surface area contributed by atoms with Crippen molar-refractivity contribution in [3.8, 4) is 0 Å². The fourth-order valence-electron chi connectivity index (χ4n) is 2.90. The zero-order valence-electron chi connectivity index (χ0n) is 12.3. The number of nitrogens with zero attached hydrogens (tertiary/aromatic N) is 3. The highest BCUT2D eigenvalue weighted by Gasteiger charge is 2.31. The molecule has 1 saturated heterocycles. The average Bonchev–Trinajstić information content (AvgIpc) is 3.32. The second kappa shape index (κ2) is 5.48. The fourth-order valence-corrected chi connectivity index (χ4v) is 2.90. The maximum Gasteiger partial charge on any atom is 0.222 e. The number of rotatable bonds is 4. The van der Waals surface area contributed by atoms with Crippen LogP contribution in [0.3, 0.4) is 0 Å². The molecule has 7 nitrogen and oxygen atoms in total. The summed E-state index contributed by atoms with van der Waals surface area (Å²) in [5.74, 6) is 8.10. The number of primary amides is 1. The first-order chi connectivity index (χ1) is 10.1. The number of hydrogen-bond donors (Lipinski definition) is 3. The topological polar surface area (TPSA) is 110 Å². The quantitative estimate of drug-likeness (QED) is 0.555. The zero-order valence-corrected chi connectivity index (χ0v) is 12.3. The van der Waals surface area contributed by atoms with Crippen molar-refractivity contribution in [3.05, 3.63) is 11.4 Å². The van der Waals surface area contributed by atoms with Crippen LogP contribution >= 0.6 is 0 Å². The Kier molecular flexibility index (Phi) is 3.67. The van der Waals surface area contributed by atoms with Gasteiger partial charge in [0.15, 0.2) is 0 Å². The summed E-state index contributed by atoms with van der Waals surface area (Å²) in [6, 6.07) is 0. The fraction of sp³-hybridized carbons (Fsp3) is 0.643. The summed E-state index contributed by atoms with van der Waals surface area (Å²) in [7, 11) is 0. The Labute approximate surface area is 124 Å². The lowest BCUT2D eigenvalue weighted by Gasteiger charge is -2.33. The Morgan fingerprint density at radius 1 is 1.33 bits per heavy atom. The van der Waals surface area contributed by atoms with Crippen LogP contribution < -0.4 is 21.9 Å². The van der Waals surface area contributed by atoms with Crippen molar-refractivity contribution in [1.29, 1.82) is 0 Å². The van der Waals surface area contributed by atoms with Crippen LogP contribution in [0.1, 0.15) is 43.0 Å². The highest BCUT2D eigenvalue weighted by Crippen LogP contribution is 2.40. The Hall–Kier alpha value is -1.89. The molecule has 1 aliphatic carbocycles. The van der Waals surface area contributed by atoms with Crippen LogP contribution in [0.5, 0.6) is 0 Å². The highest BCUT2D eigenvalue weighted by molar-refractivity contribution is 5.77. The number of amides is 1. The number of nitrogens with one attached hydrogen (secondary N) is 1. The molecule has 7 heteroatoms. The first kappa shape index (κ1) is 14.1. The van der Waals surface area contributed by atoms with Gasteiger partial charge >= 0.3 is 0 Å². The highest BCUT2D eigenvalue weighted by atomic mass is 16.1. The average molecular weight is 290 g/mol. The maximum atomic E-state index is 11.5. The molecule has 1 aromatic rings. The normalized spacial score (nSPS) is 22.2. The lowest BCUT2D eigenvalue weighted by molar-refractivity contribution is -0.122. The number of carbonyl (C=O) groups excluding carboxylic acids is 1. The molecule has 0 bridgehead atoms. The smallest absolute Gasteiger partial charge is 0.222 e. The van der Waals surface area contributed by atoms with Crippen LogP contribution in [0.25, 0.3) is 0 Å². The van der Waals surface area contributed by atoms with E-state index in [1.807, 2.05) is 6.92 Å². The van der Waals surface area contributed by atoms with E-state index < -0.39 is 0 Å². The van der Waals surface area contributed by atoms with Gasteiger partial charge in [0.2, 0.25) is 5.91 Å². The summed E-state index contributed by atoms with van der Waals surface area (Å²) in [5, 5.41) is 0. The van der Waals surface area contributed by atoms with Gasteiger partial charge in [-0.05, 0) is 32.6 Å². The molecule has 1 aliphatic heterocycles. The first-order valence-corrected chi connectivity index (χ1v) is 7.49. The largest absolute Gasteiger partial charge is 0.369 e. The number of nitrogen functional groups attached to an aromatic ring is 1. The molecule has 0 spiro atoms. The van der Waals surface area contributed by atoms with Crippen molar-refractivity contribution in [2.45, 2.75) is 38.5 Å². The second-order valence-corrected chi connectivity index (χ2v) is 5.99. The summed E-state index contributed by atoms with van der Waals surface area (Å²) in [6.45, 7) is 3.46. The van der Waals surface area contributed by atoms with Gasteiger partial charge in [-0.15, -0.1) is 0 Å². The van der Waals surface area contributed by atoms with Crippen LogP contribution in [-0.4, -0.2) is 29.0 Å². The number of aromatic nitrogens is 2. The number of hydrazine groups is 1. The van der Waals surface area contributed by atoms with E-state index in [4.69, 9.17) is 16.6 Å². The van der Waals surface area contributed by atoms with Crippen LogP contribution in [0.15, 0.2) is 0 Å². The van der Waals surface area contributed by atoms with Gasteiger partial charge in [0.05, 0.1) is 5.92 Å². The van der Waals surface area contributed by atoms with Crippen molar-refractivity contribution in [2.75, 3.05) is 23.4 Å². The van der Waals surface area contributed by atoms with Gasteiger partial charge in [-0.3, -0.25) is 4.79 Å². The molecular formula is C14H22N6O. The molecule has 2 heterocycles. The van der Waals surface area contributed by atoms with Crippen LogP contribution in [0.2, 0.25) is 0 Å². The lowest BCUT2D eigenvalue weighted by Crippen LogP contribution is -2.42. The van der Waals surface area contributed by atoms with Crippen LogP contribution in [0.4, 0.5) is 11.6 Å². The molecule has 1 unspecified atom stereocenters. The second-order valence-electron chi connectivity index (χ2n) is 5.99. The van der Waals surface area contributed by atoms with E-state index in [1.54, 1.807) is 0 Å². The molecule has 1 atom stereocenters. The molecule has 114 valence electrons. The molecule has 2 aliphatic rings. The molecule has 0 radical (unpaired) electrons. The number of anilines is 2. The Bertz CT molecular complexity index is 557. The molecule has 3 rings (SSSR count). The first-order valence-electron chi connectivity index (χ1n) is 7.49. The monoisotopic (exact) mass is 290 g/mol. The molecule has 0 aromatic carbocycles. The molecular weight excluding hydrogens is 268 g/mol. The van der Waals surface area contributed by atoms with Crippen molar-refractivity contribution < 1.29 is 4.79 Å². The summed E-state index contributed by atoms with van der Waals surface area (Å²) < 4.78 is 0. The van der Waals surface area contributed by atoms with E-state index >= 15 is 0 Å². The summed E-state index contributed by atoms with van der Waals surface area (Å²) in [6.07, 6.45) is 4.07. The van der Waals surface area contributed by atoms with Gasteiger partial charge < -0.3 is 16.1 Å². The number of piperidine rings is 1. The lowest BCUT2D eigenvalue weighted by atomic mass is 9.97. The Morgan fingerprint density at radius 3 is 2.71 bits per heavy atom. The Morgan fingerprint density at radius 2 is 2.10 bits per heavy atom. The van der Waals surface area contributed by atoms with Gasteiger partial charge in [0.25, 0.3) is 0 Å². The maximum absolute atomic E-state index is 11.5. The third-order valence-corrected chi connectivity index (χ3v) is 4.34. The third kappa shape index (κ3) is 2.78. The summed E-state index contributed by atoms with van der Waals surface area (Å²) in [5.41, 5.74) is 9.04. The van der Waals surface area contributed by atoms with E-state index in [0.717, 1.165) is 49.4 Å². The van der Waals surface area contributed by atoms with Crippen molar-refractivity contribution in [3.63, 3.8) is 0 Å². The van der Waals surface area contributed by atoms with Gasteiger partial charge in [0.1, 0.15) is 17.5 Å². The molecule has 2 fully saturated rings. The van der Waals surface area contributed by atoms with Crippen LogP contribution in [-0.2, 0) is 4.79 Å². The minimum Gasteiger partial charge on any atom is -0.369 e. The van der Waals surface area contributed by atoms with Gasteiger partial charge in [0, 0.05) is 24.6 Å². The molecule has 5 N–H and O–H groups in total. The molecule has 1 amide bonds.